The second-order valence-electron chi connectivity index (χ2n) is 7.09. The Hall–Kier alpha value is -1.93. The molecule has 1 aliphatic rings. The van der Waals surface area contributed by atoms with E-state index in [-0.39, 0.29) is 29.9 Å². The predicted molar refractivity (Wildman–Crippen MR) is 93.9 cm³/mol. The number of aryl methyl sites for hydroxylation is 1. The molecule has 1 saturated heterocycles. The lowest BCUT2D eigenvalue weighted by Gasteiger charge is -2.37. The lowest BCUT2D eigenvalue weighted by atomic mass is 9.92. The molecule has 1 aromatic carbocycles. The fourth-order valence-electron chi connectivity index (χ4n) is 3.28. The summed E-state index contributed by atoms with van der Waals surface area (Å²) in [7, 11) is -3.69. The zero-order valence-corrected chi connectivity index (χ0v) is 15.8. The van der Waals surface area contributed by atoms with Gasteiger partial charge in [-0.3, -0.25) is 4.98 Å². The van der Waals surface area contributed by atoms with Crippen molar-refractivity contribution in [1.29, 1.82) is 0 Å². The first-order valence-corrected chi connectivity index (χ1v) is 9.96. The summed E-state index contributed by atoms with van der Waals surface area (Å²) in [5, 5.41) is 0. The molecule has 3 rings (SSSR count). The summed E-state index contributed by atoms with van der Waals surface area (Å²) in [6, 6.07) is 7.62. The maximum absolute atomic E-state index is 13.2. The van der Waals surface area contributed by atoms with Crippen LogP contribution in [0.2, 0.25) is 0 Å². The van der Waals surface area contributed by atoms with E-state index in [0.717, 1.165) is 17.8 Å². The van der Waals surface area contributed by atoms with Crippen molar-refractivity contribution in [2.45, 2.75) is 48.6 Å². The van der Waals surface area contributed by atoms with Crippen LogP contribution in [0, 0.1) is 6.92 Å². The molecule has 8 heteroatoms. The van der Waals surface area contributed by atoms with E-state index in [2.05, 4.69) is 4.98 Å². The van der Waals surface area contributed by atoms with Crippen molar-refractivity contribution in [3.8, 4) is 0 Å². The van der Waals surface area contributed by atoms with Gasteiger partial charge in [0.25, 0.3) is 0 Å². The third-order valence-electron chi connectivity index (χ3n) is 4.97. The van der Waals surface area contributed by atoms with E-state index in [0.29, 0.717) is 0 Å². The molecule has 1 aromatic heterocycles. The molecule has 0 radical (unpaired) electrons. The average Bonchev–Trinajstić information content (AvgIpc) is 2.61. The van der Waals surface area contributed by atoms with E-state index in [9.17, 15) is 21.6 Å². The van der Waals surface area contributed by atoms with Gasteiger partial charge in [0, 0.05) is 19.0 Å². The predicted octanol–water partition coefficient (Wildman–Crippen LogP) is 4.49. The van der Waals surface area contributed by atoms with Gasteiger partial charge in [-0.2, -0.15) is 13.2 Å². The van der Waals surface area contributed by atoms with Crippen LogP contribution in [0.1, 0.15) is 42.6 Å². The van der Waals surface area contributed by atoms with Crippen molar-refractivity contribution in [3.63, 3.8) is 0 Å². The summed E-state index contributed by atoms with van der Waals surface area (Å²) in [6.45, 7) is 3.58. The SMILES string of the molecule is Cc1cccc(S(=O)(=O)C2(C)CCOC(c3cncc(C(F)(F)F)c3)C2)c1. The molecule has 0 saturated carbocycles. The molecule has 2 unspecified atom stereocenters. The Balaban J connectivity index is 1.94. The zero-order chi connectivity index (χ0) is 19.9. The number of aromatic nitrogens is 1. The summed E-state index contributed by atoms with van der Waals surface area (Å²) in [5.74, 6) is 0. The summed E-state index contributed by atoms with van der Waals surface area (Å²) < 4.78 is 69.8. The Labute approximate surface area is 156 Å². The van der Waals surface area contributed by atoms with Gasteiger partial charge < -0.3 is 4.74 Å². The third-order valence-corrected chi connectivity index (χ3v) is 7.52. The minimum atomic E-state index is -4.52. The molecule has 0 spiro atoms. The topological polar surface area (TPSA) is 56.3 Å². The molecule has 2 heterocycles. The monoisotopic (exact) mass is 399 g/mol. The quantitative estimate of drug-likeness (QED) is 0.763. The van der Waals surface area contributed by atoms with E-state index >= 15 is 0 Å². The molecule has 0 aliphatic carbocycles. The van der Waals surface area contributed by atoms with Gasteiger partial charge in [-0.1, -0.05) is 12.1 Å². The third kappa shape index (κ3) is 3.87. The Morgan fingerprint density at radius 1 is 1.22 bits per heavy atom. The zero-order valence-electron chi connectivity index (χ0n) is 15.0. The number of ether oxygens (including phenoxy) is 1. The maximum Gasteiger partial charge on any atom is 0.417 e. The highest BCUT2D eigenvalue weighted by atomic mass is 32.2. The fraction of sp³-hybridized carbons (Fsp3) is 0.421. The standard InChI is InChI=1S/C19H20F3NO3S/c1-13-4-3-5-16(8-13)27(24,25)18(2)6-7-26-17(10-18)14-9-15(12-23-11-14)19(20,21)22/h3-5,8-9,11-12,17H,6-7,10H2,1-2H3. The number of nitrogens with zero attached hydrogens (tertiary/aromatic N) is 1. The van der Waals surface area contributed by atoms with Crippen molar-refractivity contribution in [1.82, 2.24) is 4.98 Å². The molecule has 27 heavy (non-hydrogen) atoms. The second kappa shape index (κ2) is 6.91. The molecular weight excluding hydrogens is 379 g/mol. The van der Waals surface area contributed by atoms with Crippen LogP contribution in [0.4, 0.5) is 13.2 Å². The van der Waals surface area contributed by atoms with Gasteiger partial charge in [-0.25, -0.2) is 8.42 Å². The Morgan fingerprint density at radius 3 is 2.63 bits per heavy atom. The van der Waals surface area contributed by atoms with E-state index in [1.54, 1.807) is 25.1 Å². The lowest BCUT2D eigenvalue weighted by Crippen LogP contribution is -2.42. The van der Waals surface area contributed by atoms with Crippen LogP contribution in [-0.4, -0.2) is 24.8 Å². The minimum absolute atomic E-state index is 0.0618. The van der Waals surface area contributed by atoms with Gasteiger partial charge in [-0.05, 0) is 56.0 Å². The van der Waals surface area contributed by atoms with Crippen LogP contribution in [0.15, 0.2) is 47.6 Å². The normalized spacial score (nSPS) is 24.0. The van der Waals surface area contributed by atoms with Gasteiger partial charge in [0.05, 0.1) is 21.3 Å². The van der Waals surface area contributed by atoms with Crippen LogP contribution < -0.4 is 0 Å². The summed E-state index contributed by atoms with van der Waals surface area (Å²) in [6.07, 6.45) is -2.91. The van der Waals surface area contributed by atoms with Crippen LogP contribution in [0.25, 0.3) is 0 Å². The number of pyridine rings is 1. The highest BCUT2D eigenvalue weighted by Gasteiger charge is 2.45. The molecule has 4 nitrogen and oxygen atoms in total. The van der Waals surface area contributed by atoms with Crippen molar-refractivity contribution in [2.75, 3.05) is 6.61 Å². The first-order chi connectivity index (χ1) is 12.5. The maximum atomic E-state index is 13.2. The highest BCUT2D eigenvalue weighted by Crippen LogP contribution is 2.42. The molecule has 2 atom stereocenters. The number of hydrogen-bond acceptors (Lipinski definition) is 4. The van der Waals surface area contributed by atoms with Crippen molar-refractivity contribution < 1.29 is 26.3 Å². The Morgan fingerprint density at radius 2 is 1.96 bits per heavy atom. The highest BCUT2D eigenvalue weighted by molar-refractivity contribution is 7.92. The minimum Gasteiger partial charge on any atom is -0.373 e. The van der Waals surface area contributed by atoms with Crippen LogP contribution in [0.3, 0.4) is 0 Å². The number of alkyl halides is 3. The molecule has 0 bridgehead atoms. The number of sulfone groups is 1. The van der Waals surface area contributed by atoms with E-state index < -0.39 is 32.4 Å². The lowest BCUT2D eigenvalue weighted by molar-refractivity contribution is -0.138. The molecule has 0 amide bonds. The van der Waals surface area contributed by atoms with Gasteiger partial charge in [0.1, 0.15) is 0 Å². The Kier molecular flexibility index (Phi) is 5.07. The average molecular weight is 399 g/mol. The molecular formula is C19H20F3NO3S. The van der Waals surface area contributed by atoms with Crippen molar-refractivity contribution in [3.05, 3.63) is 59.4 Å². The van der Waals surface area contributed by atoms with Gasteiger partial charge in [0.15, 0.2) is 9.84 Å². The fourth-order valence-corrected chi connectivity index (χ4v) is 5.17. The van der Waals surface area contributed by atoms with E-state index in [1.807, 2.05) is 13.0 Å². The first-order valence-electron chi connectivity index (χ1n) is 8.48. The number of hydrogen-bond donors (Lipinski definition) is 0. The van der Waals surface area contributed by atoms with Gasteiger partial charge >= 0.3 is 6.18 Å². The molecule has 1 fully saturated rings. The molecule has 1 aliphatic heterocycles. The molecule has 146 valence electrons. The van der Waals surface area contributed by atoms with Crippen LogP contribution in [0.5, 0.6) is 0 Å². The molecule has 0 N–H and O–H groups in total. The first kappa shape index (κ1) is 19.8. The number of halogens is 3. The summed E-state index contributed by atoms with van der Waals surface area (Å²) in [4.78, 5) is 3.87. The molecule has 2 aromatic rings. The Bertz CT molecular complexity index is 943. The van der Waals surface area contributed by atoms with Crippen LogP contribution >= 0.6 is 0 Å². The van der Waals surface area contributed by atoms with Gasteiger partial charge in [-0.15, -0.1) is 0 Å². The summed E-state index contributed by atoms with van der Waals surface area (Å²) in [5.41, 5.74) is 0.179. The second-order valence-corrected chi connectivity index (χ2v) is 9.55. The largest absolute Gasteiger partial charge is 0.417 e. The van der Waals surface area contributed by atoms with E-state index in [4.69, 9.17) is 4.74 Å². The van der Waals surface area contributed by atoms with Crippen LogP contribution in [-0.2, 0) is 20.8 Å². The van der Waals surface area contributed by atoms with Gasteiger partial charge in [0.2, 0.25) is 0 Å². The smallest absolute Gasteiger partial charge is 0.373 e. The van der Waals surface area contributed by atoms with Crippen molar-refractivity contribution in [2.24, 2.45) is 0 Å². The van der Waals surface area contributed by atoms with Crippen molar-refractivity contribution >= 4 is 9.84 Å². The summed E-state index contributed by atoms with van der Waals surface area (Å²) >= 11 is 0. The van der Waals surface area contributed by atoms with E-state index in [1.165, 1.54) is 6.20 Å². The number of benzene rings is 1. The number of rotatable bonds is 3.